The second-order valence-electron chi connectivity index (χ2n) is 5.80. The number of fused-ring (bicyclic) bond motifs is 1. The van der Waals surface area contributed by atoms with E-state index < -0.39 is 0 Å². The number of hydrogen-bond acceptors (Lipinski definition) is 4. The normalized spacial score (nSPS) is 17.8. The van der Waals surface area contributed by atoms with Crippen molar-refractivity contribution in [2.75, 3.05) is 13.1 Å². The smallest absolute Gasteiger partial charge is 0.254 e. The van der Waals surface area contributed by atoms with Crippen LogP contribution in [0.4, 0.5) is 0 Å². The van der Waals surface area contributed by atoms with Crippen molar-refractivity contribution in [3.8, 4) is 0 Å². The molecular formula is C17H17N5O. The molecule has 3 aromatic rings. The zero-order chi connectivity index (χ0) is 15.8. The van der Waals surface area contributed by atoms with Crippen LogP contribution in [0.5, 0.6) is 0 Å². The Hall–Kier alpha value is -2.76. The number of carbonyl (C=O) groups excluding carboxylic acids is 1. The van der Waals surface area contributed by atoms with Crippen LogP contribution in [0, 0.1) is 6.92 Å². The van der Waals surface area contributed by atoms with Crippen LogP contribution in [0.1, 0.15) is 28.6 Å². The van der Waals surface area contributed by atoms with Gasteiger partial charge in [0, 0.05) is 37.2 Å². The minimum Gasteiger partial charge on any atom is -0.336 e. The summed E-state index contributed by atoms with van der Waals surface area (Å²) < 4.78 is 2.16. The number of nitrogens with zero attached hydrogens (tertiary/aromatic N) is 5. The molecule has 0 aliphatic carbocycles. The van der Waals surface area contributed by atoms with Gasteiger partial charge < -0.3 is 9.47 Å². The lowest BCUT2D eigenvalue weighted by Gasteiger charge is -2.18. The molecule has 1 saturated heterocycles. The Bertz CT molecular complexity index is 858. The maximum absolute atomic E-state index is 12.6. The van der Waals surface area contributed by atoms with E-state index in [0.717, 1.165) is 30.0 Å². The maximum atomic E-state index is 12.6. The third-order valence-corrected chi connectivity index (χ3v) is 4.37. The number of rotatable bonds is 2. The van der Waals surface area contributed by atoms with Crippen molar-refractivity contribution in [3.63, 3.8) is 0 Å². The predicted molar refractivity (Wildman–Crippen MR) is 86.1 cm³/mol. The lowest BCUT2D eigenvalue weighted by Crippen LogP contribution is -2.29. The molecular weight excluding hydrogens is 290 g/mol. The zero-order valence-electron chi connectivity index (χ0n) is 12.9. The minimum atomic E-state index is 0.0601. The van der Waals surface area contributed by atoms with Crippen molar-refractivity contribution in [3.05, 3.63) is 54.2 Å². The van der Waals surface area contributed by atoms with Crippen LogP contribution < -0.4 is 0 Å². The number of aromatic nitrogens is 4. The van der Waals surface area contributed by atoms with Gasteiger partial charge in [0.15, 0.2) is 5.65 Å². The molecule has 0 saturated carbocycles. The molecule has 4 heterocycles. The van der Waals surface area contributed by atoms with Gasteiger partial charge in [-0.1, -0.05) is 0 Å². The lowest BCUT2D eigenvalue weighted by molar-refractivity contribution is 0.0787. The fourth-order valence-corrected chi connectivity index (χ4v) is 3.29. The predicted octanol–water partition coefficient (Wildman–Crippen LogP) is 2.22. The summed E-state index contributed by atoms with van der Waals surface area (Å²) in [4.78, 5) is 27.5. The van der Waals surface area contributed by atoms with Gasteiger partial charge in [0.25, 0.3) is 5.91 Å². The summed E-state index contributed by atoms with van der Waals surface area (Å²) in [5, 5.41) is 0. The third-order valence-electron chi connectivity index (χ3n) is 4.37. The SMILES string of the molecule is Cc1nc2cccnc2n1[C@H]1CCN(C(=O)c2ccncc2)C1. The quantitative estimate of drug-likeness (QED) is 0.728. The number of likely N-dealkylation sites (tertiary alicyclic amines) is 1. The highest BCUT2D eigenvalue weighted by atomic mass is 16.2. The molecule has 6 heteroatoms. The largest absolute Gasteiger partial charge is 0.336 e. The second kappa shape index (κ2) is 5.46. The molecule has 1 aliphatic heterocycles. The van der Waals surface area contributed by atoms with E-state index in [9.17, 15) is 4.79 Å². The van der Waals surface area contributed by atoms with E-state index in [1.165, 1.54) is 0 Å². The Morgan fingerprint density at radius 2 is 2.04 bits per heavy atom. The second-order valence-corrected chi connectivity index (χ2v) is 5.80. The first kappa shape index (κ1) is 13.9. The number of imidazole rings is 1. The van der Waals surface area contributed by atoms with E-state index >= 15 is 0 Å². The maximum Gasteiger partial charge on any atom is 0.254 e. The molecule has 0 radical (unpaired) electrons. The Kier molecular flexibility index (Phi) is 3.29. The van der Waals surface area contributed by atoms with E-state index in [0.29, 0.717) is 12.1 Å². The molecule has 3 aromatic heterocycles. The summed E-state index contributed by atoms with van der Waals surface area (Å²) in [6.07, 6.45) is 6.00. The van der Waals surface area contributed by atoms with Gasteiger partial charge in [-0.25, -0.2) is 9.97 Å². The van der Waals surface area contributed by atoms with Crippen LogP contribution in [-0.2, 0) is 0 Å². The highest BCUT2D eigenvalue weighted by Gasteiger charge is 2.30. The zero-order valence-corrected chi connectivity index (χ0v) is 12.9. The molecule has 1 fully saturated rings. The van der Waals surface area contributed by atoms with Crippen LogP contribution in [0.3, 0.4) is 0 Å². The van der Waals surface area contributed by atoms with Crippen molar-refractivity contribution in [2.45, 2.75) is 19.4 Å². The molecule has 0 aromatic carbocycles. The van der Waals surface area contributed by atoms with E-state index in [2.05, 4.69) is 19.5 Å². The molecule has 6 nitrogen and oxygen atoms in total. The summed E-state index contributed by atoms with van der Waals surface area (Å²) in [6, 6.07) is 7.61. The Morgan fingerprint density at radius 3 is 2.87 bits per heavy atom. The molecule has 1 atom stereocenters. The van der Waals surface area contributed by atoms with E-state index in [1.54, 1.807) is 30.7 Å². The van der Waals surface area contributed by atoms with Gasteiger partial charge >= 0.3 is 0 Å². The average molecular weight is 307 g/mol. The summed E-state index contributed by atoms with van der Waals surface area (Å²) in [5.41, 5.74) is 2.49. The Morgan fingerprint density at radius 1 is 1.22 bits per heavy atom. The fraction of sp³-hybridized carbons (Fsp3) is 0.294. The first-order valence-corrected chi connectivity index (χ1v) is 7.73. The minimum absolute atomic E-state index is 0.0601. The van der Waals surface area contributed by atoms with Gasteiger partial charge in [0.2, 0.25) is 0 Å². The summed E-state index contributed by atoms with van der Waals surface area (Å²) in [6.45, 7) is 3.43. The van der Waals surface area contributed by atoms with Crippen molar-refractivity contribution in [2.24, 2.45) is 0 Å². The van der Waals surface area contributed by atoms with Crippen molar-refractivity contribution in [1.29, 1.82) is 0 Å². The van der Waals surface area contributed by atoms with Gasteiger partial charge in [-0.15, -0.1) is 0 Å². The van der Waals surface area contributed by atoms with Gasteiger partial charge in [0.05, 0.1) is 6.04 Å². The third kappa shape index (κ3) is 2.36. The molecule has 23 heavy (non-hydrogen) atoms. The van der Waals surface area contributed by atoms with Gasteiger partial charge in [-0.3, -0.25) is 9.78 Å². The Labute approximate surface area is 133 Å². The number of aryl methyl sites for hydroxylation is 1. The van der Waals surface area contributed by atoms with Crippen molar-refractivity contribution < 1.29 is 4.79 Å². The number of hydrogen-bond donors (Lipinski definition) is 0. The Balaban J connectivity index is 1.61. The molecule has 1 amide bonds. The summed E-state index contributed by atoms with van der Waals surface area (Å²) in [7, 11) is 0. The first-order chi connectivity index (χ1) is 11.2. The number of carbonyl (C=O) groups is 1. The highest BCUT2D eigenvalue weighted by molar-refractivity contribution is 5.94. The summed E-state index contributed by atoms with van der Waals surface area (Å²) >= 11 is 0. The lowest BCUT2D eigenvalue weighted by atomic mass is 10.2. The van der Waals surface area contributed by atoms with E-state index in [-0.39, 0.29) is 11.9 Å². The van der Waals surface area contributed by atoms with Crippen LogP contribution in [-0.4, -0.2) is 43.4 Å². The van der Waals surface area contributed by atoms with Crippen LogP contribution >= 0.6 is 0 Å². The van der Waals surface area contributed by atoms with E-state index in [4.69, 9.17) is 0 Å². The van der Waals surface area contributed by atoms with Gasteiger partial charge in [-0.2, -0.15) is 0 Å². The molecule has 4 rings (SSSR count). The van der Waals surface area contributed by atoms with Crippen LogP contribution in [0.15, 0.2) is 42.9 Å². The average Bonchev–Trinajstić information content (AvgIpc) is 3.18. The fourth-order valence-electron chi connectivity index (χ4n) is 3.29. The van der Waals surface area contributed by atoms with Crippen molar-refractivity contribution >= 4 is 17.1 Å². The van der Waals surface area contributed by atoms with Gasteiger partial charge in [-0.05, 0) is 37.6 Å². The van der Waals surface area contributed by atoms with Crippen LogP contribution in [0.2, 0.25) is 0 Å². The molecule has 0 bridgehead atoms. The molecule has 116 valence electrons. The monoisotopic (exact) mass is 307 g/mol. The summed E-state index contributed by atoms with van der Waals surface area (Å²) in [5.74, 6) is 1.01. The molecule has 0 N–H and O–H groups in total. The topological polar surface area (TPSA) is 63.9 Å². The molecule has 1 aliphatic rings. The van der Waals surface area contributed by atoms with E-state index in [1.807, 2.05) is 24.0 Å². The highest BCUT2D eigenvalue weighted by Crippen LogP contribution is 2.27. The van der Waals surface area contributed by atoms with Crippen molar-refractivity contribution in [1.82, 2.24) is 24.4 Å². The number of pyridine rings is 2. The molecule has 0 spiro atoms. The van der Waals surface area contributed by atoms with Crippen LogP contribution in [0.25, 0.3) is 11.2 Å². The first-order valence-electron chi connectivity index (χ1n) is 7.73. The number of amides is 1. The standard InChI is InChI=1S/C17H17N5O/c1-12-20-15-3-2-7-19-16(15)22(12)14-6-10-21(11-14)17(23)13-4-8-18-9-5-13/h2-5,7-9,14H,6,10-11H2,1H3/t14-/m0/s1. The molecule has 0 unspecified atom stereocenters. The van der Waals surface area contributed by atoms with Gasteiger partial charge in [0.1, 0.15) is 11.3 Å².